The quantitative estimate of drug-likeness (QED) is 0.189. The molecule has 0 bridgehead atoms. The van der Waals surface area contributed by atoms with Crippen LogP contribution < -0.4 is 0 Å². The van der Waals surface area contributed by atoms with Crippen LogP contribution in [-0.4, -0.2) is 44.1 Å². The summed E-state index contributed by atoms with van der Waals surface area (Å²) in [6.07, 6.45) is -13.4. The van der Waals surface area contributed by atoms with Gasteiger partial charge in [-0.25, -0.2) is 21.9 Å². The lowest BCUT2D eigenvalue weighted by molar-refractivity contribution is -0.441. The largest absolute Gasteiger partial charge is 0.460 e. The second-order valence-corrected chi connectivity index (χ2v) is 10.9. The summed E-state index contributed by atoms with van der Waals surface area (Å²) in [7, 11) is -12.0. The van der Waals surface area contributed by atoms with Gasteiger partial charge in [-0.15, -0.1) is 0 Å². The van der Waals surface area contributed by atoms with Crippen LogP contribution in [-0.2, 0) is 24.7 Å². The van der Waals surface area contributed by atoms with E-state index in [1.165, 1.54) is 0 Å². The third-order valence-corrected chi connectivity index (χ3v) is 7.46. The van der Waals surface area contributed by atoms with Crippen molar-refractivity contribution in [1.29, 1.82) is 0 Å². The zero-order valence-electron chi connectivity index (χ0n) is 16.0. The highest BCUT2D eigenvalue weighted by atomic mass is 32.2. The van der Waals surface area contributed by atoms with E-state index in [9.17, 15) is 60.7 Å². The Morgan fingerprint density at radius 1 is 0.800 bits per heavy atom. The molecule has 0 aliphatic heterocycles. The number of benzene rings is 2. The van der Waals surface area contributed by atoms with Gasteiger partial charge in [0, 0.05) is 11.0 Å². The molecule has 0 fully saturated rings. The summed E-state index contributed by atoms with van der Waals surface area (Å²) in [5, 5.41) is -12.6. The van der Waals surface area contributed by atoms with Gasteiger partial charge in [0.2, 0.25) is 9.84 Å². The van der Waals surface area contributed by atoms with Crippen LogP contribution in [0, 0.1) is 11.6 Å². The second kappa shape index (κ2) is 9.09. The van der Waals surface area contributed by atoms with Crippen LogP contribution in [0.15, 0.2) is 57.2 Å². The first-order valence-corrected chi connectivity index (χ1v) is 12.0. The van der Waals surface area contributed by atoms with E-state index in [-0.39, 0.29) is 12.1 Å². The summed E-state index contributed by atoms with van der Waals surface area (Å²) in [6, 6.07) is 3.30. The lowest BCUT2D eigenvalue weighted by Crippen LogP contribution is -2.55. The summed E-state index contributed by atoms with van der Waals surface area (Å²) < 4.78 is 191. The van der Waals surface area contributed by atoms with Crippen molar-refractivity contribution in [3.05, 3.63) is 54.1 Å². The molecule has 0 saturated carbocycles. The van der Waals surface area contributed by atoms with Gasteiger partial charge in [-0.3, -0.25) is 4.55 Å². The molecule has 0 saturated heterocycles. The van der Waals surface area contributed by atoms with Gasteiger partial charge < -0.3 is 0 Å². The highest BCUT2D eigenvalue weighted by molar-refractivity contribution is 8.00. The molecule has 0 aliphatic rings. The third-order valence-electron chi connectivity index (χ3n) is 3.80. The predicted molar refractivity (Wildman–Crippen MR) is 96.5 cm³/mol. The Balaban J connectivity index is 2.40. The standard InChI is InChI=1S/C16H8F10O6S3/c17-8-4-5-12(11(18)6-8)34(27,28)10-3-1-2-9(7-10)33-15(23,24)13(19,20)32-14(21,22)16(25,26)35(29,30)31/h1-7H,(H,29,30,31). The van der Waals surface area contributed by atoms with Gasteiger partial charge in [-0.2, -0.15) is 43.5 Å². The van der Waals surface area contributed by atoms with E-state index in [1.54, 1.807) is 0 Å². The van der Waals surface area contributed by atoms with Crippen molar-refractivity contribution in [3.8, 4) is 0 Å². The zero-order valence-corrected chi connectivity index (χ0v) is 18.5. The van der Waals surface area contributed by atoms with E-state index < -0.39 is 80.8 Å². The average molecular weight is 582 g/mol. The van der Waals surface area contributed by atoms with Crippen LogP contribution in [0.1, 0.15) is 0 Å². The van der Waals surface area contributed by atoms with E-state index in [0.29, 0.717) is 30.3 Å². The second-order valence-electron chi connectivity index (χ2n) is 6.30. The van der Waals surface area contributed by atoms with Gasteiger partial charge in [-0.1, -0.05) is 6.07 Å². The van der Waals surface area contributed by atoms with Gasteiger partial charge in [0.25, 0.3) is 0 Å². The molecule has 0 aliphatic carbocycles. The summed E-state index contributed by atoms with van der Waals surface area (Å²) in [4.78, 5) is -3.27. The summed E-state index contributed by atoms with van der Waals surface area (Å²) >= 11 is -1.37. The molecule has 2 rings (SSSR count). The molecule has 0 spiro atoms. The Labute approximate surface area is 193 Å². The Morgan fingerprint density at radius 3 is 1.89 bits per heavy atom. The van der Waals surface area contributed by atoms with Gasteiger partial charge in [0.15, 0.2) is 0 Å². The summed E-state index contributed by atoms with van der Waals surface area (Å²) in [6.45, 7) is 0. The van der Waals surface area contributed by atoms with Crippen LogP contribution in [0.3, 0.4) is 0 Å². The summed E-state index contributed by atoms with van der Waals surface area (Å²) in [5.74, 6) is -2.78. The number of hydrogen-bond donors (Lipinski definition) is 1. The van der Waals surface area contributed by atoms with Crippen LogP contribution in [0.5, 0.6) is 0 Å². The highest BCUT2D eigenvalue weighted by Gasteiger charge is 2.74. The highest BCUT2D eigenvalue weighted by Crippen LogP contribution is 2.52. The lowest BCUT2D eigenvalue weighted by atomic mass is 10.3. The molecule has 0 radical (unpaired) electrons. The van der Waals surface area contributed by atoms with Gasteiger partial charge >= 0.3 is 32.8 Å². The van der Waals surface area contributed by atoms with Crippen molar-refractivity contribution in [2.75, 3.05) is 0 Å². The molecule has 6 nitrogen and oxygen atoms in total. The first kappa shape index (κ1) is 29.1. The fourth-order valence-electron chi connectivity index (χ4n) is 2.16. The maximum absolute atomic E-state index is 14.0. The Morgan fingerprint density at radius 2 is 1.37 bits per heavy atom. The fourth-order valence-corrected chi connectivity index (χ4v) is 4.72. The maximum Gasteiger partial charge on any atom is 0.460 e. The molecule has 196 valence electrons. The molecule has 0 heterocycles. The number of halogens is 10. The zero-order chi connectivity index (χ0) is 27.3. The number of alkyl halides is 8. The van der Waals surface area contributed by atoms with Gasteiger partial charge in [0.1, 0.15) is 16.5 Å². The van der Waals surface area contributed by atoms with E-state index in [0.717, 1.165) is 0 Å². The third kappa shape index (κ3) is 5.68. The topological polar surface area (TPSA) is 97.7 Å². The fraction of sp³-hybridized carbons (Fsp3) is 0.250. The molecule has 1 N–H and O–H groups in total. The molecular formula is C16H8F10O6S3. The Bertz CT molecular complexity index is 1330. The van der Waals surface area contributed by atoms with E-state index >= 15 is 0 Å². The molecule has 2 aromatic carbocycles. The number of sulfone groups is 1. The monoisotopic (exact) mass is 582 g/mol. The van der Waals surface area contributed by atoms with Gasteiger partial charge in [-0.05, 0) is 42.1 Å². The Kier molecular flexibility index (Phi) is 7.57. The first-order chi connectivity index (χ1) is 15.6. The smallest absolute Gasteiger partial charge is 0.281 e. The minimum absolute atomic E-state index is 0.167. The first-order valence-electron chi connectivity index (χ1n) is 8.23. The van der Waals surface area contributed by atoms with Crippen molar-refractivity contribution in [2.45, 2.75) is 37.4 Å². The molecule has 0 aromatic heterocycles. The average Bonchev–Trinajstić information content (AvgIpc) is 2.65. The van der Waals surface area contributed by atoms with Crippen molar-refractivity contribution < 1.29 is 70.0 Å². The van der Waals surface area contributed by atoms with Gasteiger partial charge in [0.05, 0.1) is 4.90 Å². The molecule has 2 aromatic rings. The van der Waals surface area contributed by atoms with E-state index in [2.05, 4.69) is 4.74 Å². The molecule has 0 unspecified atom stereocenters. The maximum atomic E-state index is 14.0. The van der Waals surface area contributed by atoms with Crippen LogP contribution in [0.2, 0.25) is 0 Å². The number of rotatable bonds is 9. The van der Waals surface area contributed by atoms with Crippen molar-refractivity contribution in [1.82, 2.24) is 0 Å². The number of thioether (sulfide) groups is 1. The SMILES string of the molecule is O=S(=O)(c1cccc(SC(F)(F)C(F)(F)OC(F)(F)C(F)(F)S(=O)(=O)O)c1)c1ccc(F)cc1F. The van der Waals surface area contributed by atoms with Crippen LogP contribution in [0.25, 0.3) is 0 Å². The molecule has 35 heavy (non-hydrogen) atoms. The van der Waals surface area contributed by atoms with Crippen LogP contribution in [0.4, 0.5) is 43.9 Å². The predicted octanol–water partition coefficient (Wildman–Crippen LogP) is 5.17. The van der Waals surface area contributed by atoms with Crippen molar-refractivity contribution >= 4 is 31.7 Å². The molecule has 0 amide bonds. The van der Waals surface area contributed by atoms with E-state index in [4.69, 9.17) is 4.55 Å². The molecular weight excluding hydrogens is 574 g/mol. The number of ether oxygens (including phenoxy) is 1. The number of hydrogen-bond acceptors (Lipinski definition) is 6. The molecule has 19 heteroatoms. The normalized spacial score (nSPS) is 14.3. The van der Waals surface area contributed by atoms with E-state index in [1.807, 2.05) is 0 Å². The molecule has 0 atom stereocenters. The van der Waals surface area contributed by atoms with Crippen molar-refractivity contribution in [3.63, 3.8) is 0 Å². The Hall–Kier alpha value is -2.09. The minimum Gasteiger partial charge on any atom is -0.281 e. The minimum atomic E-state index is -7.11. The van der Waals surface area contributed by atoms with Crippen LogP contribution >= 0.6 is 11.8 Å². The summed E-state index contributed by atoms with van der Waals surface area (Å²) in [5.41, 5.74) is 0. The lowest BCUT2D eigenvalue weighted by Gasteiger charge is -2.31. The van der Waals surface area contributed by atoms with Crippen molar-refractivity contribution in [2.24, 2.45) is 0 Å².